The average molecular weight is 283 g/mol. The van der Waals surface area contributed by atoms with Crippen molar-refractivity contribution in [3.8, 4) is 0 Å². The van der Waals surface area contributed by atoms with Crippen LogP contribution in [0.5, 0.6) is 0 Å². The van der Waals surface area contributed by atoms with Crippen LogP contribution in [0, 0.1) is 0 Å². The van der Waals surface area contributed by atoms with Gasteiger partial charge in [-0.25, -0.2) is 4.98 Å². The number of amides is 1. The SMILES string of the molecule is CCc1cn[nH]c1NC(=O)C(C)n1cnc2ccccc21. The van der Waals surface area contributed by atoms with Crippen LogP contribution in [0.1, 0.15) is 25.5 Å². The molecule has 1 amide bonds. The van der Waals surface area contributed by atoms with Crippen molar-refractivity contribution in [3.63, 3.8) is 0 Å². The summed E-state index contributed by atoms with van der Waals surface area (Å²) in [6.45, 7) is 3.87. The number of carbonyl (C=O) groups is 1. The predicted octanol–water partition coefficient (Wildman–Crippen LogP) is 2.52. The maximum atomic E-state index is 12.4. The van der Waals surface area contributed by atoms with Crippen molar-refractivity contribution in [2.24, 2.45) is 0 Å². The van der Waals surface area contributed by atoms with Crippen LogP contribution in [0.3, 0.4) is 0 Å². The number of fused-ring (bicyclic) bond motifs is 1. The summed E-state index contributed by atoms with van der Waals surface area (Å²) < 4.78 is 1.87. The summed E-state index contributed by atoms with van der Waals surface area (Å²) in [4.78, 5) is 16.7. The molecular formula is C15H17N5O. The molecule has 0 saturated carbocycles. The Balaban J connectivity index is 1.84. The lowest BCUT2D eigenvalue weighted by molar-refractivity contribution is -0.118. The molecule has 1 atom stereocenters. The van der Waals surface area contributed by atoms with E-state index in [4.69, 9.17) is 0 Å². The fourth-order valence-electron chi connectivity index (χ4n) is 2.33. The quantitative estimate of drug-likeness (QED) is 0.772. The molecule has 0 radical (unpaired) electrons. The molecule has 1 aromatic carbocycles. The fourth-order valence-corrected chi connectivity index (χ4v) is 2.33. The number of benzene rings is 1. The van der Waals surface area contributed by atoms with E-state index in [1.165, 1.54) is 0 Å². The number of aromatic amines is 1. The lowest BCUT2D eigenvalue weighted by Crippen LogP contribution is -2.23. The van der Waals surface area contributed by atoms with E-state index in [0.29, 0.717) is 5.82 Å². The first-order valence-corrected chi connectivity index (χ1v) is 6.95. The molecule has 0 saturated heterocycles. The second-order valence-electron chi connectivity index (χ2n) is 4.93. The Morgan fingerprint density at radius 2 is 2.24 bits per heavy atom. The number of aromatic nitrogens is 4. The molecule has 0 fully saturated rings. The molecule has 2 aromatic heterocycles. The van der Waals surface area contributed by atoms with Crippen LogP contribution in [0.4, 0.5) is 5.82 Å². The minimum absolute atomic E-state index is 0.0999. The maximum absolute atomic E-state index is 12.4. The molecule has 6 heteroatoms. The number of carbonyl (C=O) groups excluding carboxylic acids is 1. The molecule has 6 nitrogen and oxygen atoms in total. The molecular weight excluding hydrogens is 266 g/mol. The Bertz CT molecular complexity index is 773. The Labute approximate surface area is 122 Å². The van der Waals surface area contributed by atoms with Gasteiger partial charge in [0.2, 0.25) is 5.91 Å². The van der Waals surface area contributed by atoms with Crippen molar-refractivity contribution in [1.82, 2.24) is 19.7 Å². The number of anilines is 1. The maximum Gasteiger partial charge on any atom is 0.248 e. The number of nitrogens with one attached hydrogen (secondary N) is 2. The smallest absolute Gasteiger partial charge is 0.248 e. The highest BCUT2D eigenvalue weighted by molar-refractivity contribution is 5.94. The molecule has 2 N–H and O–H groups in total. The minimum atomic E-state index is -0.356. The van der Waals surface area contributed by atoms with E-state index in [9.17, 15) is 4.79 Å². The number of nitrogens with zero attached hydrogens (tertiary/aromatic N) is 3. The van der Waals surface area contributed by atoms with Gasteiger partial charge in [-0.2, -0.15) is 5.10 Å². The first-order chi connectivity index (χ1) is 10.2. The summed E-state index contributed by atoms with van der Waals surface area (Å²) in [5.74, 6) is 0.566. The molecule has 1 unspecified atom stereocenters. The normalized spacial score (nSPS) is 12.5. The van der Waals surface area contributed by atoms with Crippen LogP contribution in [0.25, 0.3) is 11.0 Å². The van der Waals surface area contributed by atoms with E-state index >= 15 is 0 Å². The monoisotopic (exact) mass is 283 g/mol. The van der Waals surface area contributed by atoms with Crippen molar-refractivity contribution in [1.29, 1.82) is 0 Å². The Kier molecular flexibility index (Phi) is 3.43. The second kappa shape index (κ2) is 5.40. The summed E-state index contributed by atoms with van der Waals surface area (Å²) >= 11 is 0. The summed E-state index contributed by atoms with van der Waals surface area (Å²) in [6, 6.07) is 7.41. The van der Waals surface area contributed by atoms with Gasteiger partial charge in [0.25, 0.3) is 0 Å². The van der Waals surface area contributed by atoms with E-state index in [2.05, 4.69) is 20.5 Å². The van der Waals surface area contributed by atoms with Crippen LogP contribution in [0.2, 0.25) is 0 Å². The van der Waals surface area contributed by atoms with Gasteiger partial charge in [0, 0.05) is 5.56 Å². The molecule has 0 aliphatic rings. The molecule has 2 heterocycles. The third-order valence-electron chi connectivity index (χ3n) is 3.62. The van der Waals surface area contributed by atoms with Crippen LogP contribution < -0.4 is 5.32 Å². The van der Waals surface area contributed by atoms with Gasteiger partial charge in [-0.3, -0.25) is 9.89 Å². The summed E-state index contributed by atoms with van der Waals surface area (Å²) in [6.07, 6.45) is 4.24. The van der Waals surface area contributed by atoms with E-state index < -0.39 is 0 Å². The Morgan fingerprint density at radius 1 is 1.43 bits per heavy atom. The average Bonchev–Trinajstić information content (AvgIpc) is 3.12. The molecule has 0 spiro atoms. The fraction of sp³-hybridized carbons (Fsp3) is 0.267. The number of imidazole rings is 1. The molecule has 3 rings (SSSR count). The highest BCUT2D eigenvalue weighted by Gasteiger charge is 2.18. The van der Waals surface area contributed by atoms with Crippen molar-refractivity contribution in [3.05, 3.63) is 42.4 Å². The topological polar surface area (TPSA) is 75.6 Å². The van der Waals surface area contributed by atoms with Crippen LogP contribution in [-0.2, 0) is 11.2 Å². The first-order valence-electron chi connectivity index (χ1n) is 6.95. The zero-order chi connectivity index (χ0) is 14.8. The highest BCUT2D eigenvalue weighted by Crippen LogP contribution is 2.19. The van der Waals surface area contributed by atoms with E-state index in [1.807, 2.05) is 42.7 Å². The molecule has 3 aromatic rings. The van der Waals surface area contributed by atoms with Gasteiger partial charge in [0.1, 0.15) is 11.9 Å². The lowest BCUT2D eigenvalue weighted by atomic mass is 10.2. The van der Waals surface area contributed by atoms with E-state index in [1.54, 1.807) is 12.5 Å². The van der Waals surface area contributed by atoms with E-state index in [-0.39, 0.29) is 11.9 Å². The van der Waals surface area contributed by atoms with Gasteiger partial charge in [-0.15, -0.1) is 0 Å². The van der Waals surface area contributed by atoms with Gasteiger partial charge < -0.3 is 9.88 Å². The van der Waals surface area contributed by atoms with Crippen molar-refractivity contribution in [2.75, 3.05) is 5.32 Å². The van der Waals surface area contributed by atoms with Crippen LogP contribution in [-0.4, -0.2) is 25.7 Å². The Morgan fingerprint density at radius 3 is 3.05 bits per heavy atom. The number of aryl methyl sites for hydroxylation is 1. The summed E-state index contributed by atoms with van der Waals surface area (Å²) in [5, 5.41) is 9.67. The lowest BCUT2D eigenvalue weighted by Gasteiger charge is -2.14. The molecule has 21 heavy (non-hydrogen) atoms. The Hall–Kier alpha value is -2.63. The first kappa shape index (κ1) is 13.4. The standard InChI is InChI=1S/C15H17N5O/c1-3-11-8-17-19-14(11)18-15(21)10(2)20-9-16-12-6-4-5-7-13(12)20/h4-10H,3H2,1-2H3,(H2,17,18,19,21). The second-order valence-corrected chi connectivity index (χ2v) is 4.93. The van der Waals surface area contributed by atoms with Crippen LogP contribution in [0.15, 0.2) is 36.8 Å². The van der Waals surface area contributed by atoms with E-state index in [0.717, 1.165) is 23.0 Å². The predicted molar refractivity (Wildman–Crippen MR) is 81.0 cm³/mol. The van der Waals surface area contributed by atoms with Crippen molar-refractivity contribution >= 4 is 22.8 Å². The molecule has 0 aliphatic carbocycles. The summed E-state index contributed by atoms with van der Waals surface area (Å²) in [7, 11) is 0. The van der Waals surface area contributed by atoms with Gasteiger partial charge in [0.05, 0.1) is 23.6 Å². The molecule has 0 aliphatic heterocycles. The number of H-pyrrole nitrogens is 1. The highest BCUT2D eigenvalue weighted by atomic mass is 16.2. The number of para-hydroxylation sites is 2. The number of rotatable bonds is 4. The zero-order valence-electron chi connectivity index (χ0n) is 12.0. The van der Waals surface area contributed by atoms with Crippen LogP contribution >= 0.6 is 0 Å². The zero-order valence-corrected chi connectivity index (χ0v) is 12.0. The van der Waals surface area contributed by atoms with Crippen molar-refractivity contribution < 1.29 is 4.79 Å². The number of hydrogen-bond donors (Lipinski definition) is 2. The van der Waals surface area contributed by atoms with Gasteiger partial charge in [-0.1, -0.05) is 19.1 Å². The summed E-state index contributed by atoms with van der Waals surface area (Å²) in [5.41, 5.74) is 2.82. The largest absolute Gasteiger partial charge is 0.318 e. The van der Waals surface area contributed by atoms with Gasteiger partial charge in [0.15, 0.2) is 0 Å². The number of hydrogen-bond acceptors (Lipinski definition) is 3. The van der Waals surface area contributed by atoms with Gasteiger partial charge in [-0.05, 0) is 25.5 Å². The molecule has 108 valence electrons. The van der Waals surface area contributed by atoms with Crippen molar-refractivity contribution in [2.45, 2.75) is 26.3 Å². The van der Waals surface area contributed by atoms with Gasteiger partial charge >= 0.3 is 0 Å². The third kappa shape index (κ3) is 2.40. The third-order valence-corrected chi connectivity index (χ3v) is 3.62. The minimum Gasteiger partial charge on any atom is -0.318 e. The molecule has 0 bridgehead atoms.